The molecule has 2 aromatic rings. The van der Waals surface area contributed by atoms with E-state index in [2.05, 4.69) is 24.3 Å². The predicted octanol–water partition coefficient (Wildman–Crippen LogP) is 4.36. The molecule has 2 nitrogen and oxygen atoms in total. The fourth-order valence-electron chi connectivity index (χ4n) is 4.20. The molecule has 1 heterocycles. The van der Waals surface area contributed by atoms with Gasteiger partial charge in [0.05, 0.1) is 13.1 Å². The summed E-state index contributed by atoms with van der Waals surface area (Å²) in [6.45, 7) is 7.43. The Kier molecular flexibility index (Phi) is 7.69. The van der Waals surface area contributed by atoms with Crippen LogP contribution >= 0.6 is 0 Å². The van der Waals surface area contributed by atoms with E-state index in [-0.39, 0.29) is 44.3 Å². The zero-order valence-corrected chi connectivity index (χ0v) is 18.6. The van der Waals surface area contributed by atoms with Gasteiger partial charge in [-0.3, -0.25) is 4.79 Å². The number of carbonyl (C=O) groups excluding carboxylic acids is 1. The fraction of sp³-hybridized carbons (Fsp3) is 0.409. The van der Waals surface area contributed by atoms with Crippen LogP contribution in [-0.4, -0.2) is 29.9 Å². The van der Waals surface area contributed by atoms with Crippen LogP contribution in [0.5, 0.6) is 0 Å². The maximum Gasteiger partial charge on any atom is 0.191 e. The van der Waals surface area contributed by atoms with Crippen LogP contribution in [0.2, 0.25) is 0 Å². The van der Waals surface area contributed by atoms with Gasteiger partial charge in [0.25, 0.3) is 0 Å². The molecular formula is C22H27FNOY+. The molecule has 26 heavy (non-hydrogen) atoms. The Morgan fingerprint density at radius 1 is 1.04 bits per heavy atom. The molecule has 1 radical (unpaired) electrons. The van der Waals surface area contributed by atoms with Gasteiger partial charge in [-0.15, -0.1) is 0 Å². The molecule has 1 aliphatic heterocycles. The van der Waals surface area contributed by atoms with Crippen LogP contribution in [0.15, 0.2) is 42.5 Å². The van der Waals surface area contributed by atoms with Crippen LogP contribution in [0, 0.1) is 19.7 Å². The van der Waals surface area contributed by atoms with Gasteiger partial charge in [0, 0.05) is 57.5 Å². The van der Waals surface area contributed by atoms with Crippen LogP contribution in [-0.2, 0) is 50.5 Å². The normalized spacial score (nSPS) is 15.5. The molecule has 1 aliphatic rings. The van der Waals surface area contributed by atoms with Crippen molar-refractivity contribution in [3.63, 3.8) is 0 Å². The minimum atomic E-state index is -0.224. The van der Waals surface area contributed by atoms with Crippen molar-refractivity contribution in [3.8, 4) is 0 Å². The van der Waals surface area contributed by atoms with Crippen molar-refractivity contribution in [2.24, 2.45) is 0 Å². The van der Waals surface area contributed by atoms with Crippen molar-refractivity contribution in [2.45, 2.75) is 39.7 Å². The third kappa shape index (κ3) is 5.31. The molecule has 1 fully saturated rings. The Hall–Kier alpha value is -0.896. The number of quaternary nitrogens is 1. The Bertz CT molecular complexity index is 731. The Morgan fingerprint density at radius 3 is 2.19 bits per heavy atom. The van der Waals surface area contributed by atoms with E-state index in [9.17, 15) is 9.18 Å². The standard InChI is InChI=1S/C22H27FNO.Y/c1-17-12-20(23)13-18(2)22(17)14-21(25)16-24(10-6-7-11-24)15-19-8-4-3-5-9-19;/h3-5,8-9,12-13H,6-7,10-11,14-16H2,1-2H3;/q+1;. The summed E-state index contributed by atoms with van der Waals surface area (Å²) in [5, 5.41) is 0. The molecule has 0 amide bonds. The second-order valence-corrected chi connectivity index (χ2v) is 7.53. The molecule has 1 saturated heterocycles. The Morgan fingerprint density at radius 2 is 1.62 bits per heavy atom. The SMILES string of the molecule is Cc1cc(F)cc(C)c1CC(=O)C[N+]1(Cc2ccccc2)CCCC1.[Y]. The summed E-state index contributed by atoms with van der Waals surface area (Å²) in [6, 6.07) is 13.5. The second-order valence-electron chi connectivity index (χ2n) is 7.53. The molecule has 0 aliphatic carbocycles. The van der Waals surface area contributed by atoms with Gasteiger partial charge in [-0.25, -0.2) is 4.39 Å². The Labute approximate surface area is 181 Å². The largest absolute Gasteiger partial charge is 0.314 e. The third-order valence-corrected chi connectivity index (χ3v) is 5.42. The quantitative estimate of drug-likeness (QED) is 0.624. The minimum absolute atomic E-state index is 0. The number of rotatable bonds is 6. The van der Waals surface area contributed by atoms with Gasteiger partial charge in [0.15, 0.2) is 5.78 Å². The number of hydrogen-bond donors (Lipinski definition) is 0. The van der Waals surface area contributed by atoms with Gasteiger partial charge in [-0.2, -0.15) is 0 Å². The first-order chi connectivity index (χ1) is 12.0. The number of carbonyl (C=O) groups is 1. The van der Waals surface area contributed by atoms with E-state index in [1.165, 1.54) is 30.5 Å². The van der Waals surface area contributed by atoms with E-state index >= 15 is 0 Å². The average molecular weight is 429 g/mol. The monoisotopic (exact) mass is 429 g/mol. The molecule has 0 spiro atoms. The van der Waals surface area contributed by atoms with Gasteiger partial charge in [-0.1, -0.05) is 30.3 Å². The van der Waals surface area contributed by atoms with E-state index in [4.69, 9.17) is 0 Å². The van der Waals surface area contributed by atoms with Crippen LogP contribution in [0.1, 0.15) is 35.1 Å². The molecule has 0 atom stereocenters. The van der Waals surface area contributed by atoms with E-state index in [0.717, 1.165) is 40.8 Å². The van der Waals surface area contributed by atoms with Gasteiger partial charge in [0.2, 0.25) is 0 Å². The maximum absolute atomic E-state index is 13.5. The van der Waals surface area contributed by atoms with Gasteiger partial charge in [-0.05, 0) is 42.7 Å². The number of nitrogens with zero attached hydrogens (tertiary/aromatic N) is 1. The van der Waals surface area contributed by atoms with Crippen LogP contribution in [0.4, 0.5) is 4.39 Å². The summed E-state index contributed by atoms with van der Waals surface area (Å²) >= 11 is 0. The summed E-state index contributed by atoms with van der Waals surface area (Å²) in [4.78, 5) is 12.8. The van der Waals surface area contributed by atoms with E-state index in [1.807, 2.05) is 19.9 Å². The molecule has 3 rings (SSSR count). The third-order valence-electron chi connectivity index (χ3n) is 5.42. The summed E-state index contributed by atoms with van der Waals surface area (Å²) in [7, 11) is 0. The molecule has 0 aromatic heterocycles. The second kappa shape index (κ2) is 9.35. The van der Waals surface area contributed by atoms with Crippen LogP contribution in [0.25, 0.3) is 0 Å². The smallest absolute Gasteiger partial charge is 0.191 e. The van der Waals surface area contributed by atoms with Crippen LogP contribution < -0.4 is 0 Å². The van der Waals surface area contributed by atoms with Gasteiger partial charge >= 0.3 is 0 Å². The molecular weight excluding hydrogens is 402 g/mol. The fourth-order valence-corrected chi connectivity index (χ4v) is 4.20. The molecule has 0 unspecified atom stereocenters. The van der Waals surface area contributed by atoms with Crippen molar-refractivity contribution in [2.75, 3.05) is 19.6 Å². The summed E-state index contributed by atoms with van der Waals surface area (Å²) in [5.41, 5.74) is 4.04. The van der Waals surface area contributed by atoms with Crippen molar-refractivity contribution >= 4 is 5.78 Å². The molecule has 0 saturated carbocycles. The van der Waals surface area contributed by atoms with Crippen LogP contribution in [0.3, 0.4) is 0 Å². The molecule has 2 aromatic carbocycles. The van der Waals surface area contributed by atoms with E-state index in [1.54, 1.807) is 0 Å². The Balaban J connectivity index is 0.00000243. The first kappa shape index (κ1) is 21.4. The number of benzene rings is 2. The zero-order chi connectivity index (χ0) is 17.9. The van der Waals surface area contributed by atoms with E-state index in [0.29, 0.717) is 13.0 Å². The van der Waals surface area contributed by atoms with Crippen molar-refractivity contribution in [1.29, 1.82) is 0 Å². The topological polar surface area (TPSA) is 17.1 Å². The average Bonchev–Trinajstić information content (AvgIpc) is 2.99. The summed E-state index contributed by atoms with van der Waals surface area (Å²) < 4.78 is 14.4. The number of hydrogen-bond acceptors (Lipinski definition) is 1. The van der Waals surface area contributed by atoms with E-state index < -0.39 is 0 Å². The number of halogens is 1. The predicted molar refractivity (Wildman–Crippen MR) is 98.8 cm³/mol. The minimum Gasteiger partial charge on any atom is -0.314 e. The van der Waals surface area contributed by atoms with Crippen molar-refractivity contribution < 1.29 is 46.4 Å². The first-order valence-corrected chi connectivity index (χ1v) is 9.14. The summed E-state index contributed by atoms with van der Waals surface area (Å²) in [5.74, 6) is 0.0361. The number of Topliss-reactive ketones (excluding diaryl/α,β-unsaturated/α-hetero) is 1. The number of likely N-dealkylation sites (tertiary alicyclic amines) is 1. The van der Waals surface area contributed by atoms with Crippen molar-refractivity contribution in [3.05, 3.63) is 70.5 Å². The number of aryl methyl sites for hydroxylation is 2. The first-order valence-electron chi connectivity index (χ1n) is 9.14. The van der Waals surface area contributed by atoms with Gasteiger partial charge in [0.1, 0.15) is 18.9 Å². The molecule has 0 bridgehead atoms. The molecule has 4 heteroatoms. The molecule has 135 valence electrons. The maximum atomic E-state index is 13.5. The van der Waals surface area contributed by atoms with Gasteiger partial charge < -0.3 is 4.48 Å². The van der Waals surface area contributed by atoms with Crippen molar-refractivity contribution in [1.82, 2.24) is 0 Å². The molecule has 0 N–H and O–H groups in total. The zero-order valence-electron chi connectivity index (χ0n) is 15.8. The number of ketones is 1. The summed E-state index contributed by atoms with van der Waals surface area (Å²) in [6.07, 6.45) is 2.79.